The molecule has 0 radical (unpaired) electrons. The molecule has 19 heavy (non-hydrogen) atoms. The van der Waals surface area contributed by atoms with Crippen LogP contribution in [0, 0.1) is 0 Å². The number of carbonyl (C=O) groups is 1. The number of amides is 1. The molecule has 0 saturated carbocycles. The summed E-state index contributed by atoms with van der Waals surface area (Å²) in [7, 11) is 1.64. The van der Waals surface area contributed by atoms with Crippen molar-refractivity contribution in [3.8, 4) is 0 Å². The summed E-state index contributed by atoms with van der Waals surface area (Å²) in [6.07, 6.45) is 0. The molecule has 0 aromatic heterocycles. The van der Waals surface area contributed by atoms with Crippen molar-refractivity contribution in [2.24, 2.45) is 0 Å². The van der Waals surface area contributed by atoms with Gasteiger partial charge < -0.3 is 15.4 Å². The summed E-state index contributed by atoms with van der Waals surface area (Å²) in [6, 6.07) is 4.81. The van der Waals surface area contributed by atoms with Gasteiger partial charge in [0.2, 0.25) is 0 Å². The molecular weight excluding hydrogens is 311 g/mol. The highest BCUT2D eigenvalue weighted by Gasteiger charge is 2.09. The lowest BCUT2D eigenvalue weighted by atomic mass is 10.2. The van der Waals surface area contributed by atoms with Gasteiger partial charge >= 0.3 is 0 Å². The number of nitrogens with one attached hydrogen (secondary N) is 2. The molecule has 0 aliphatic rings. The van der Waals surface area contributed by atoms with Crippen LogP contribution in [0.5, 0.6) is 0 Å². The highest BCUT2D eigenvalue weighted by Crippen LogP contribution is 2.20. The quantitative estimate of drug-likeness (QED) is 0.756. The van der Waals surface area contributed by atoms with Gasteiger partial charge in [0.05, 0.1) is 17.2 Å². The minimum absolute atomic E-state index is 0. The van der Waals surface area contributed by atoms with Gasteiger partial charge in [-0.1, -0.05) is 23.2 Å². The van der Waals surface area contributed by atoms with Crippen molar-refractivity contribution in [2.75, 3.05) is 33.4 Å². The Hall–Kier alpha value is -0.520. The lowest BCUT2D eigenvalue weighted by Crippen LogP contribution is -2.33. The summed E-state index contributed by atoms with van der Waals surface area (Å²) < 4.78 is 4.89. The Kier molecular flexibility index (Phi) is 10.0. The van der Waals surface area contributed by atoms with E-state index in [1.54, 1.807) is 25.3 Å². The first-order valence-corrected chi connectivity index (χ1v) is 6.33. The molecule has 2 N–H and O–H groups in total. The van der Waals surface area contributed by atoms with E-state index in [-0.39, 0.29) is 18.3 Å². The fraction of sp³-hybridized carbons (Fsp3) is 0.417. The number of halogens is 3. The molecule has 0 unspecified atom stereocenters. The van der Waals surface area contributed by atoms with E-state index in [9.17, 15) is 4.79 Å². The van der Waals surface area contributed by atoms with E-state index in [2.05, 4.69) is 10.6 Å². The first kappa shape index (κ1) is 18.5. The van der Waals surface area contributed by atoms with E-state index in [1.165, 1.54) is 0 Å². The monoisotopic (exact) mass is 326 g/mol. The lowest BCUT2D eigenvalue weighted by molar-refractivity contribution is 0.0954. The van der Waals surface area contributed by atoms with Gasteiger partial charge in [-0.05, 0) is 18.2 Å². The zero-order chi connectivity index (χ0) is 13.4. The standard InChI is InChI=1S/C12H16Cl2N2O2.ClH/c1-18-7-6-15-4-5-16-12(17)10-8-9(13)2-3-11(10)14;/h2-3,8,15H,4-7H2,1H3,(H,16,17);1H. The molecule has 0 fully saturated rings. The van der Waals surface area contributed by atoms with Gasteiger partial charge in [0, 0.05) is 31.8 Å². The maximum atomic E-state index is 11.8. The molecule has 1 rings (SSSR count). The van der Waals surface area contributed by atoms with Crippen molar-refractivity contribution in [2.45, 2.75) is 0 Å². The normalized spacial score (nSPS) is 9.84. The number of methoxy groups -OCH3 is 1. The molecule has 1 aromatic carbocycles. The molecule has 0 bridgehead atoms. The summed E-state index contributed by atoms with van der Waals surface area (Å²) in [4.78, 5) is 11.8. The van der Waals surface area contributed by atoms with Crippen molar-refractivity contribution in [3.05, 3.63) is 33.8 Å². The summed E-state index contributed by atoms with van der Waals surface area (Å²) in [5, 5.41) is 6.76. The first-order valence-electron chi connectivity index (χ1n) is 5.58. The predicted octanol–water partition coefficient (Wildman–Crippen LogP) is 2.38. The van der Waals surface area contributed by atoms with E-state index >= 15 is 0 Å². The summed E-state index contributed by atoms with van der Waals surface area (Å²) in [6.45, 7) is 2.59. The number of ether oxygens (including phenoxy) is 1. The van der Waals surface area contributed by atoms with Gasteiger partial charge in [0.1, 0.15) is 0 Å². The number of hydrogen-bond acceptors (Lipinski definition) is 3. The van der Waals surface area contributed by atoms with Crippen LogP contribution >= 0.6 is 35.6 Å². The van der Waals surface area contributed by atoms with Crippen molar-refractivity contribution in [1.82, 2.24) is 10.6 Å². The third-order valence-electron chi connectivity index (χ3n) is 2.24. The second-order valence-corrected chi connectivity index (χ2v) is 4.47. The van der Waals surface area contributed by atoms with Crippen molar-refractivity contribution >= 4 is 41.5 Å². The second kappa shape index (κ2) is 10.3. The van der Waals surface area contributed by atoms with Crippen molar-refractivity contribution in [3.63, 3.8) is 0 Å². The molecule has 0 aliphatic heterocycles. The van der Waals surface area contributed by atoms with Crippen LogP contribution in [0.25, 0.3) is 0 Å². The number of rotatable bonds is 7. The van der Waals surface area contributed by atoms with Crippen LogP contribution in [0.2, 0.25) is 10.0 Å². The summed E-state index contributed by atoms with van der Waals surface area (Å²) >= 11 is 11.7. The Morgan fingerprint density at radius 2 is 2.00 bits per heavy atom. The molecule has 7 heteroatoms. The maximum Gasteiger partial charge on any atom is 0.252 e. The molecule has 0 aliphatic carbocycles. The molecule has 0 spiro atoms. The second-order valence-electron chi connectivity index (χ2n) is 3.62. The smallest absolute Gasteiger partial charge is 0.252 e. The zero-order valence-corrected chi connectivity index (χ0v) is 12.9. The molecule has 1 aromatic rings. The summed E-state index contributed by atoms with van der Waals surface area (Å²) in [5.41, 5.74) is 0.390. The molecule has 1 amide bonds. The minimum atomic E-state index is -0.226. The van der Waals surface area contributed by atoms with Crippen molar-refractivity contribution in [1.29, 1.82) is 0 Å². The van der Waals surface area contributed by atoms with Crippen LogP contribution in [-0.4, -0.2) is 39.3 Å². The van der Waals surface area contributed by atoms with Gasteiger partial charge in [-0.2, -0.15) is 0 Å². The lowest BCUT2D eigenvalue weighted by Gasteiger charge is -2.08. The Bertz CT molecular complexity index is 403. The topological polar surface area (TPSA) is 50.4 Å². The number of hydrogen-bond donors (Lipinski definition) is 2. The minimum Gasteiger partial charge on any atom is -0.383 e. The summed E-state index contributed by atoms with van der Waals surface area (Å²) in [5.74, 6) is -0.226. The van der Waals surface area contributed by atoms with Gasteiger partial charge in [-0.25, -0.2) is 0 Å². The fourth-order valence-electron chi connectivity index (χ4n) is 1.33. The Labute approximate surface area is 129 Å². The Morgan fingerprint density at radius 3 is 2.68 bits per heavy atom. The van der Waals surface area contributed by atoms with Gasteiger partial charge in [-0.3, -0.25) is 4.79 Å². The van der Waals surface area contributed by atoms with E-state index < -0.39 is 0 Å². The van der Waals surface area contributed by atoms with E-state index in [0.717, 1.165) is 6.54 Å². The van der Waals surface area contributed by atoms with Crippen molar-refractivity contribution < 1.29 is 9.53 Å². The Balaban J connectivity index is 0.00000324. The molecule has 4 nitrogen and oxygen atoms in total. The van der Waals surface area contributed by atoms with Gasteiger partial charge in [0.25, 0.3) is 5.91 Å². The maximum absolute atomic E-state index is 11.8. The van der Waals surface area contributed by atoms with Crippen LogP contribution in [0.15, 0.2) is 18.2 Å². The molecular formula is C12H17Cl3N2O2. The largest absolute Gasteiger partial charge is 0.383 e. The first-order chi connectivity index (χ1) is 8.65. The Morgan fingerprint density at radius 1 is 1.26 bits per heavy atom. The SMILES string of the molecule is COCCNCCNC(=O)c1cc(Cl)ccc1Cl.Cl. The van der Waals surface area contributed by atoms with Crippen LogP contribution < -0.4 is 10.6 Å². The molecule has 0 heterocycles. The van der Waals surface area contributed by atoms with E-state index in [0.29, 0.717) is 35.3 Å². The van der Waals surface area contributed by atoms with E-state index in [1.807, 2.05) is 0 Å². The van der Waals surface area contributed by atoms with E-state index in [4.69, 9.17) is 27.9 Å². The average molecular weight is 328 g/mol. The van der Waals surface area contributed by atoms with Crippen LogP contribution in [0.1, 0.15) is 10.4 Å². The molecule has 108 valence electrons. The van der Waals surface area contributed by atoms with Crippen LogP contribution in [0.4, 0.5) is 0 Å². The van der Waals surface area contributed by atoms with Crippen LogP contribution in [-0.2, 0) is 4.74 Å². The van der Waals surface area contributed by atoms with Crippen LogP contribution in [0.3, 0.4) is 0 Å². The molecule has 0 saturated heterocycles. The third-order valence-corrected chi connectivity index (χ3v) is 2.81. The predicted molar refractivity (Wildman–Crippen MR) is 80.8 cm³/mol. The molecule has 0 atom stereocenters. The third kappa shape index (κ3) is 6.99. The van der Waals surface area contributed by atoms with Gasteiger partial charge in [0.15, 0.2) is 0 Å². The average Bonchev–Trinajstić information content (AvgIpc) is 2.36. The number of carbonyl (C=O) groups excluding carboxylic acids is 1. The fourth-order valence-corrected chi connectivity index (χ4v) is 1.71. The highest BCUT2D eigenvalue weighted by atomic mass is 35.5. The zero-order valence-electron chi connectivity index (χ0n) is 10.5. The highest BCUT2D eigenvalue weighted by molar-refractivity contribution is 6.35. The van der Waals surface area contributed by atoms with Gasteiger partial charge in [-0.15, -0.1) is 12.4 Å². The number of benzene rings is 1.